The van der Waals surface area contributed by atoms with Crippen LogP contribution in [0, 0.1) is 13.8 Å². The summed E-state index contributed by atoms with van der Waals surface area (Å²) in [5.74, 6) is 1.45. The third-order valence-corrected chi connectivity index (χ3v) is 5.30. The first-order valence-electron chi connectivity index (χ1n) is 10.0. The lowest BCUT2D eigenvalue weighted by Gasteiger charge is -2.12. The molecule has 0 saturated heterocycles. The highest BCUT2D eigenvalue weighted by Gasteiger charge is 2.08. The first-order valence-corrected chi connectivity index (χ1v) is 10.8. The Kier molecular flexibility index (Phi) is 8.27. The molecule has 0 aliphatic rings. The molecule has 0 saturated carbocycles. The number of hydrogen-bond acceptors (Lipinski definition) is 5. The number of methoxy groups -OCH3 is 1. The van der Waals surface area contributed by atoms with Crippen LogP contribution in [0.15, 0.2) is 70.2 Å². The van der Waals surface area contributed by atoms with Gasteiger partial charge in [0.15, 0.2) is 18.1 Å². The van der Waals surface area contributed by atoms with Gasteiger partial charge < -0.3 is 14.2 Å². The maximum Gasteiger partial charge on any atom is 0.277 e. The minimum absolute atomic E-state index is 0.145. The number of carbonyl (C=O) groups excluding carboxylic acids is 1. The van der Waals surface area contributed by atoms with Crippen LogP contribution >= 0.6 is 15.9 Å². The molecule has 0 aromatic heterocycles. The lowest BCUT2D eigenvalue weighted by molar-refractivity contribution is -0.123. The Labute approximate surface area is 196 Å². The predicted octanol–water partition coefficient (Wildman–Crippen LogP) is 5.18. The summed E-state index contributed by atoms with van der Waals surface area (Å²) in [5, 5.41) is 3.99. The monoisotopic (exact) mass is 496 g/mol. The topological polar surface area (TPSA) is 69.2 Å². The molecule has 1 N–H and O–H groups in total. The molecule has 3 aromatic carbocycles. The fourth-order valence-corrected chi connectivity index (χ4v) is 3.50. The van der Waals surface area contributed by atoms with Gasteiger partial charge in [0.05, 0.1) is 17.8 Å². The van der Waals surface area contributed by atoms with E-state index in [1.807, 2.05) is 55.5 Å². The Bertz CT molecular complexity index is 1110. The van der Waals surface area contributed by atoms with Gasteiger partial charge in [-0.2, -0.15) is 5.10 Å². The van der Waals surface area contributed by atoms with E-state index in [0.29, 0.717) is 23.9 Å². The van der Waals surface area contributed by atoms with Crippen LogP contribution in [0.2, 0.25) is 0 Å². The molecule has 6 nitrogen and oxygen atoms in total. The van der Waals surface area contributed by atoms with Gasteiger partial charge in [-0.3, -0.25) is 4.79 Å². The number of halogens is 1. The van der Waals surface area contributed by atoms with Crippen molar-refractivity contribution >= 4 is 28.1 Å². The third kappa shape index (κ3) is 6.59. The molecular weight excluding hydrogens is 472 g/mol. The maximum absolute atomic E-state index is 12.0. The zero-order valence-corrected chi connectivity index (χ0v) is 19.8. The second kappa shape index (κ2) is 11.3. The van der Waals surface area contributed by atoms with Crippen LogP contribution < -0.4 is 19.6 Å². The number of ether oxygens (including phenoxy) is 3. The summed E-state index contributed by atoms with van der Waals surface area (Å²) in [5.41, 5.74) is 6.59. The van der Waals surface area contributed by atoms with E-state index >= 15 is 0 Å². The SMILES string of the molecule is COc1cc(/C=N/NC(=O)COc2ccc(C)cc2Br)ccc1OCc1ccccc1C. The number of hydrazone groups is 1. The normalized spacial score (nSPS) is 10.8. The van der Waals surface area contributed by atoms with Gasteiger partial charge in [-0.1, -0.05) is 30.3 Å². The first kappa shape index (κ1) is 23.3. The number of nitrogens with one attached hydrogen (secondary N) is 1. The summed E-state index contributed by atoms with van der Waals surface area (Å²) in [6, 6.07) is 19.2. The molecule has 166 valence electrons. The molecule has 0 atom stereocenters. The second-order valence-electron chi connectivity index (χ2n) is 7.14. The molecule has 3 rings (SSSR count). The minimum Gasteiger partial charge on any atom is -0.493 e. The van der Waals surface area contributed by atoms with Crippen LogP contribution in [0.25, 0.3) is 0 Å². The summed E-state index contributed by atoms with van der Waals surface area (Å²) in [6.07, 6.45) is 1.54. The fourth-order valence-electron chi connectivity index (χ4n) is 2.89. The molecule has 1 amide bonds. The zero-order chi connectivity index (χ0) is 22.9. The van der Waals surface area contributed by atoms with Gasteiger partial charge in [-0.15, -0.1) is 0 Å². The van der Waals surface area contributed by atoms with Crippen molar-refractivity contribution in [1.82, 2.24) is 5.43 Å². The molecule has 0 bridgehead atoms. The van der Waals surface area contributed by atoms with Gasteiger partial charge in [0, 0.05) is 0 Å². The number of hydrogen-bond donors (Lipinski definition) is 1. The van der Waals surface area contributed by atoms with E-state index in [1.54, 1.807) is 13.2 Å². The second-order valence-corrected chi connectivity index (χ2v) is 8.00. The first-order chi connectivity index (χ1) is 15.5. The van der Waals surface area contributed by atoms with Crippen LogP contribution in [0.4, 0.5) is 0 Å². The molecule has 0 aliphatic carbocycles. The number of amides is 1. The van der Waals surface area contributed by atoms with Gasteiger partial charge in [-0.25, -0.2) is 5.43 Å². The van der Waals surface area contributed by atoms with E-state index in [4.69, 9.17) is 14.2 Å². The molecule has 0 unspecified atom stereocenters. The van der Waals surface area contributed by atoms with E-state index in [1.165, 1.54) is 11.8 Å². The molecule has 0 spiro atoms. The van der Waals surface area contributed by atoms with E-state index < -0.39 is 0 Å². The summed E-state index contributed by atoms with van der Waals surface area (Å²) in [7, 11) is 1.58. The zero-order valence-electron chi connectivity index (χ0n) is 18.2. The van der Waals surface area contributed by atoms with E-state index in [9.17, 15) is 4.79 Å². The Morgan fingerprint density at radius 3 is 2.53 bits per heavy atom. The largest absolute Gasteiger partial charge is 0.493 e. The van der Waals surface area contributed by atoms with Gasteiger partial charge in [-0.05, 0) is 82.4 Å². The molecule has 7 heteroatoms. The predicted molar refractivity (Wildman–Crippen MR) is 129 cm³/mol. The Morgan fingerprint density at radius 2 is 1.78 bits per heavy atom. The van der Waals surface area contributed by atoms with Crippen LogP contribution in [0.1, 0.15) is 22.3 Å². The molecule has 0 heterocycles. The number of rotatable bonds is 9. The van der Waals surface area contributed by atoms with Crippen LogP contribution in [-0.4, -0.2) is 25.8 Å². The van der Waals surface area contributed by atoms with Crippen LogP contribution in [0.5, 0.6) is 17.2 Å². The molecule has 0 radical (unpaired) electrons. The molecule has 3 aromatic rings. The lowest BCUT2D eigenvalue weighted by atomic mass is 10.1. The number of carbonyl (C=O) groups is 1. The Hall–Kier alpha value is -3.32. The van der Waals surface area contributed by atoms with Crippen molar-refractivity contribution < 1.29 is 19.0 Å². The standard InChI is InChI=1S/C25H25BrN2O4/c1-17-8-10-22(21(26)12-17)32-16-25(29)28-27-14-19-9-11-23(24(13-19)30-3)31-15-20-7-5-4-6-18(20)2/h4-14H,15-16H2,1-3H3,(H,28,29)/b27-14+. The molecular formula is C25H25BrN2O4. The average molecular weight is 497 g/mol. The number of benzene rings is 3. The van der Waals surface area contributed by atoms with Crippen LogP contribution in [0.3, 0.4) is 0 Å². The van der Waals surface area contributed by atoms with E-state index in [0.717, 1.165) is 21.2 Å². The van der Waals surface area contributed by atoms with E-state index in [-0.39, 0.29) is 12.5 Å². The highest BCUT2D eigenvalue weighted by atomic mass is 79.9. The summed E-state index contributed by atoms with van der Waals surface area (Å²) < 4.78 is 17.7. The number of nitrogens with zero attached hydrogens (tertiary/aromatic N) is 1. The van der Waals surface area contributed by atoms with Crippen molar-refractivity contribution in [3.05, 3.63) is 87.4 Å². The van der Waals surface area contributed by atoms with Gasteiger partial charge in [0.25, 0.3) is 5.91 Å². The Morgan fingerprint density at radius 1 is 1.00 bits per heavy atom. The lowest BCUT2D eigenvalue weighted by Crippen LogP contribution is -2.24. The number of aryl methyl sites for hydroxylation is 2. The average Bonchev–Trinajstić information content (AvgIpc) is 2.78. The fraction of sp³-hybridized carbons (Fsp3) is 0.200. The van der Waals surface area contributed by atoms with Crippen LogP contribution in [-0.2, 0) is 11.4 Å². The van der Waals surface area contributed by atoms with Crippen molar-refractivity contribution in [3.63, 3.8) is 0 Å². The van der Waals surface area contributed by atoms with Crippen molar-refractivity contribution in [2.45, 2.75) is 20.5 Å². The minimum atomic E-state index is -0.362. The highest BCUT2D eigenvalue weighted by Crippen LogP contribution is 2.29. The molecule has 0 aliphatic heterocycles. The van der Waals surface area contributed by atoms with Crippen molar-refractivity contribution in [2.24, 2.45) is 5.10 Å². The smallest absolute Gasteiger partial charge is 0.277 e. The highest BCUT2D eigenvalue weighted by molar-refractivity contribution is 9.10. The van der Waals surface area contributed by atoms with Crippen molar-refractivity contribution in [1.29, 1.82) is 0 Å². The summed E-state index contributed by atoms with van der Waals surface area (Å²) in [4.78, 5) is 12.0. The van der Waals surface area contributed by atoms with Gasteiger partial charge in [0.1, 0.15) is 12.4 Å². The maximum atomic E-state index is 12.0. The van der Waals surface area contributed by atoms with Gasteiger partial charge >= 0.3 is 0 Å². The quantitative estimate of drug-likeness (QED) is 0.327. The van der Waals surface area contributed by atoms with Gasteiger partial charge in [0.2, 0.25) is 0 Å². The summed E-state index contributed by atoms with van der Waals surface area (Å²) >= 11 is 3.42. The van der Waals surface area contributed by atoms with Crippen molar-refractivity contribution in [3.8, 4) is 17.2 Å². The molecule has 0 fully saturated rings. The Balaban J connectivity index is 1.53. The molecule has 32 heavy (non-hydrogen) atoms. The van der Waals surface area contributed by atoms with Crippen molar-refractivity contribution in [2.75, 3.05) is 13.7 Å². The van der Waals surface area contributed by atoms with E-state index in [2.05, 4.69) is 39.4 Å². The third-order valence-electron chi connectivity index (χ3n) is 4.68. The summed E-state index contributed by atoms with van der Waals surface area (Å²) in [6.45, 7) is 4.33.